The molecule has 0 aliphatic carbocycles. The highest BCUT2D eigenvalue weighted by molar-refractivity contribution is 6.34. The fraction of sp³-hybridized carbons (Fsp3) is 0.0667. The van der Waals surface area contributed by atoms with Crippen LogP contribution in [-0.4, -0.2) is 9.97 Å². The summed E-state index contributed by atoms with van der Waals surface area (Å²) in [7, 11) is 0. The predicted molar refractivity (Wildman–Crippen MR) is 74.6 cm³/mol. The lowest BCUT2D eigenvalue weighted by atomic mass is 10.1. The molecule has 0 saturated carbocycles. The zero-order chi connectivity index (χ0) is 15.1. The Bertz CT molecular complexity index is 865. The van der Waals surface area contributed by atoms with Gasteiger partial charge < -0.3 is 0 Å². The van der Waals surface area contributed by atoms with Gasteiger partial charge in [0.1, 0.15) is 22.3 Å². The van der Waals surface area contributed by atoms with Crippen LogP contribution in [0, 0.1) is 24.4 Å². The molecule has 0 bridgehead atoms. The summed E-state index contributed by atoms with van der Waals surface area (Å²) in [5.74, 6) is -1.79. The van der Waals surface area contributed by atoms with Crippen LogP contribution >= 0.6 is 11.6 Å². The zero-order valence-corrected chi connectivity index (χ0v) is 11.5. The quantitative estimate of drug-likeness (QED) is 0.610. The van der Waals surface area contributed by atoms with Crippen molar-refractivity contribution in [2.75, 3.05) is 0 Å². The molecule has 0 aliphatic rings. The van der Waals surface area contributed by atoms with Crippen molar-refractivity contribution in [1.82, 2.24) is 9.97 Å². The Morgan fingerprint density at radius 1 is 0.952 bits per heavy atom. The molecule has 106 valence electrons. The average molecular weight is 309 g/mol. The van der Waals surface area contributed by atoms with E-state index in [9.17, 15) is 13.2 Å². The molecule has 2 nitrogen and oxygen atoms in total. The first-order valence-corrected chi connectivity index (χ1v) is 6.42. The van der Waals surface area contributed by atoms with E-state index in [1.165, 1.54) is 18.2 Å². The molecule has 3 aromatic rings. The maximum atomic E-state index is 13.8. The Morgan fingerprint density at radius 3 is 2.43 bits per heavy atom. The molecule has 2 aromatic carbocycles. The fourth-order valence-electron chi connectivity index (χ4n) is 2.03. The SMILES string of the molecule is Cc1cc(-c2nc(Cl)c3cc(F)cc(F)c3n2)ccc1F. The molecule has 3 rings (SSSR count). The predicted octanol–water partition coefficient (Wildman–Crippen LogP) is 4.68. The summed E-state index contributed by atoms with van der Waals surface area (Å²) in [5, 5.41) is 0.0344. The molecule has 6 heteroatoms. The first kappa shape index (κ1) is 13.8. The number of nitrogens with zero attached hydrogens (tertiary/aromatic N) is 2. The van der Waals surface area contributed by atoms with E-state index < -0.39 is 11.6 Å². The van der Waals surface area contributed by atoms with E-state index in [2.05, 4.69) is 9.97 Å². The molecule has 0 spiro atoms. The summed E-state index contributed by atoms with van der Waals surface area (Å²) < 4.78 is 40.3. The van der Waals surface area contributed by atoms with Crippen molar-refractivity contribution < 1.29 is 13.2 Å². The van der Waals surface area contributed by atoms with Gasteiger partial charge in [-0.15, -0.1) is 0 Å². The monoisotopic (exact) mass is 308 g/mol. The topological polar surface area (TPSA) is 25.8 Å². The van der Waals surface area contributed by atoms with E-state index >= 15 is 0 Å². The molecule has 0 radical (unpaired) electrons. The first-order valence-electron chi connectivity index (χ1n) is 6.04. The smallest absolute Gasteiger partial charge is 0.161 e. The van der Waals surface area contributed by atoms with Crippen molar-refractivity contribution in [2.24, 2.45) is 0 Å². The molecule has 0 fully saturated rings. The van der Waals surface area contributed by atoms with Gasteiger partial charge in [0.25, 0.3) is 0 Å². The van der Waals surface area contributed by atoms with E-state index in [1.807, 2.05) is 0 Å². The fourth-order valence-corrected chi connectivity index (χ4v) is 2.26. The molecule has 0 amide bonds. The molecule has 0 atom stereocenters. The molecule has 21 heavy (non-hydrogen) atoms. The highest BCUT2D eigenvalue weighted by Crippen LogP contribution is 2.28. The van der Waals surface area contributed by atoms with Gasteiger partial charge in [0, 0.05) is 17.0 Å². The summed E-state index contributed by atoms with van der Waals surface area (Å²) in [5.41, 5.74) is 0.835. The third-order valence-corrected chi connectivity index (χ3v) is 3.38. The van der Waals surface area contributed by atoms with Crippen LogP contribution in [0.25, 0.3) is 22.3 Å². The summed E-state index contributed by atoms with van der Waals surface area (Å²) in [6, 6.07) is 6.08. The van der Waals surface area contributed by atoms with E-state index in [4.69, 9.17) is 11.6 Å². The van der Waals surface area contributed by atoms with Gasteiger partial charge in [0.15, 0.2) is 11.6 Å². The van der Waals surface area contributed by atoms with Crippen LogP contribution in [0.15, 0.2) is 30.3 Å². The zero-order valence-electron chi connectivity index (χ0n) is 10.8. The second-order valence-corrected chi connectivity index (χ2v) is 4.94. The summed E-state index contributed by atoms with van der Waals surface area (Å²) >= 11 is 5.97. The maximum Gasteiger partial charge on any atom is 0.161 e. The van der Waals surface area contributed by atoms with Crippen molar-refractivity contribution in [2.45, 2.75) is 6.92 Å². The van der Waals surface area contributed by atoms with Crippen LogP contribution in [0.3, 0.4) is 0 Å². The molecular formula is C15H8ClF3N2. The molecule has 0 N–H and O–H groups in total. The highest BCUT2D eigenvalue weighted by atomic mass is 35.5. The third kappa shape index (κ3) is 2.45. The molecule has 0 aliphatic heterocycles. The van der Waals surface area contributed by atoms with Crippen molar-refractivity contribution in [3.63, 3.8) is 0 Å². The summed E-state index contributed by atoms with van der Waals surface area (Å²) in [6.45, 7) is 1.59. The van der Waals surface area contributed by atoms with Crippen molar-refractivity contribution in [3.8, 4) is 11.4 Å². The highest BCUT2D eigenvalue weighted by Gasteiger charge is 2.13. The lowest BCUT2D eigenvalue weighted by Gasteiger charge is -2.07. The Kier molecular flexibility index (Phi) is 3.29. The van der Waals surface area contributed by atoms with Gasteiger partial charge in [-0.3, -0.25) is 0 Å². The molecule has 0 unspecified atom stereocenters. The van der Waals surface area contributed by atoms with Crippen LogP contribution in [0.1, 0.15) is 5.56 Å². The van der Waals surface area contributed by atoms with Crippen molar-refractivity contribution in [3.05, 3.63) is 58.5 Å². The average Bonchev–Trinajstić information content (AvgIpc) is 2.43. The molecule has 1 heterocycles. The number of halogens is 4. The number of hydrogen-bond donors (Lipinski definition) is 0. The van der Waals surface area contributed by atoms with Crippen molar-refractivity contribution in [1.29, 1.82) is 0 Å². The number of benzene rings is 2. The van der Waals surface area contributed by atoms with Gasteiger partial charge in [0.2, 0.25) is 0 Å². The minimum absolute atomic E-state index is 0.0598. The molecule has 0 saturated heterocycles. The van der Waals surface area contributed by atoms with Gasteiger partial charge in [-0.1, -0.05) is 11.6 Å². The van der Waals surface area contributed by atoms with Crippen LogP contribution in [0.4, 0.5) is 13.2 Å². The Balaban J connectivity index is 2.27. The Morgan fingerprint density at radius 2 is 1.71 bits per heavy atom. The lowest BCUT2D eigenvalue weighted by Crippen LogP contribution is -1.96. The number of fused-ring (bicyclic) bond motifs is 1. The number of hydrogen-bond acceptors (Lipinski definition) is 2. The Hall–Kier alpha value is -2.14. The summed E-state index contributed by atoms with van der Waals surface area (Å²) in [6.07, 6.45) is 0. The number of aromatic nitrogens is 2. The largest absolute Gasteiger partial charge is 0.225 e. The summed E-state index contributed by atoms with van der Waals surface area (Å²) in [4.78, 5) is 8.08. The van der Waals surface area contributed by atoms with Gasteiger partial charge in [-0.2, -0.15) is 0 Å². The third-order valence-electron chi connectivity index (χ3n) is 3.09. The van der Waals surface area contributed by atoms with E-state index in [1.54, 1.807) is 6.92 Å². The second-order valence-electron chi connectivity index (χ2n) is 4.59. The first-order chi connectivity index (χ1) is 9.95. The van der Waals surface area contributed by atoms with E-state index in [-0.39, 0.29) is 27.7 Å². The van der Waals surface area contributed by atoms with Gasteiger partial charge in [-0.25, -0.2) is 23.1 Å². The van der Waals surface area contributed by atoms with Gasteiger partial charge in [0.05, 0.1) is 0 Å². The van der Waals surface area contributed by atoms with Crippen LogP contribution < -0.4 is 0 Å². The second kappa shape index (κ2) is 5.00. The minimum atomic E-state index is -0.825. The normalized spacial score (nSPS) is 11.1. The standard InChI is InChI=1S/C15H8ClF3N2/c1-7-4-8(2-3-11(7)18)15-20-13-10(14(16)21-15)5-9(17)6-12(13)19/h2-6H,1H3. The van der Waals surface area contributed by atoms with Crippen LogP contribution in [-0.2, 0) is 0 Å². The van der Waals surface area contributed by atoms with Crippen LogP contribution in [0.5, 0.6) is 0 Å². The van der Waals surface area contributed by atoms with Crippen LogP contribution in [0.2, 0.25) is 5.15 Å². The van der Waals surface area contributed by atoms with Gasteiger partial charge >= 0.3 is 0 Å². The van der Waals surface area contributed by atoms with E-state index in [0.717, 1.165) is 12.1 Å². The van der Waals surface area contributed by atoms with Gasteiger partial charge in [-0.05, 0) is 36.8 Å². The molecular weight excluding hydrogens is 301 g/mol. The lowest BCUT2D eigenvalue weighted by molar-refractivity contribution is 0.590. The number of aryl methyl sites for hydroxylation is 1. The minimum Gasteiger partial charge on any atom is -0.225 e. The number of rotatable bonds is 1. The molecule has 1 aromatic heterocycles. The maximum absolute atomic E-state index is 13.8. The van der Waals surface area contributed by atoms with E-state index in [0.29, 0.717) is 11.1 Å². The van der Waals surface area contributed by atoms with Crippen molar-refractivity contribution >= 4 is 22.5 Å². The Labute approximate surface area is 123 Å².